The Morgan fingerprint density at radius 3 is 2.85 bits per heavy atom. The number of carbonyl (C=O) groups is 1. The predicted molar refractivity (Wildman–Crippen MR) is 49.5 cm³/mol. The third-order valence-corrected chi connectivity index (χ3v) is 2.45. The molecule has 1 rings (SSSR count). The van der Waals surface area contributed by atoms with Crippen LogP contribution in [0.1, 0.15) is 5.56 Å². The van der Waals surface area contributed by atoms with E-state index >= 15 is 0 Å². The molecule has 1 aromatic rings. The highest BCUT2D eigenvalue weighted by atomic mass is 32.2. The maximum atomic E-state index is 13.1. The second kappa shape index (κ2) is 4.28. The van der Waals surface area contributed by atoms with E-state index in [-0.39, 0.29) is 12.0 Å². The highest BCUT2D eigenvalue weighted by molar-refractivity contribution is 7.98. The fourth-order valence-electron chi connectivity index (χ4n) is 1.05. The number of hydrogen-bond acceptors (Lipinski definition) is 2. The lowest BCUT2D eigenvalue weighted by molar-refractivity contribution is -0.136. The molecule has 4 heteroatoms. The molecule has 0 aliphatic rings. The number of carboxylic acid groups (broad SMARTS) is 1. The normalized spacial score (nSPS) is 10.0. The van der Waals surface area contributed by atoms with Crippen molar-refractivity contribution >= 4 is 17.7 Å². The maximum absolute atomic E-state index is 13.1. The van der Waals surface area contributed by atoms with Crippen molar-refractivity contribution in [2.75, 3.05) is 6.26 Å². The van der Waals surface area contributed by atoms with Crippen molar-refractivity contribution < 1.29 is 14.3 Å². The molecule has 13 heavy (non-hydrogen) atoms. The molecule has 0 aromatic heterocycles. The van der Waals surface area contributed by atoms with E-state index in [0.29, 0.717) is 4.90 Å². The predicted octanol–water partition coefficient (Wildman–Crippen LogP) is 2.17. The molecule has 0 radical (unpaired) electrons. The molecular weight excluding hydrogens is 191 g/mol. The smallest absolute Gasteiger partial charge is 0.307 e. The first-order valence-corrected chi connectivity index (χ1v) is 4.90. The lowest BCUT2D eigenvalue weighted by Crippen LogP contribution is -2.03. The first-order valence-electron chi connectivity index (χ1n) is 3.68. The lowest BCUT2D eigenvalue weighted by atomic mass is 10.1. The van der Waals surface area contributed by atoms with Gasteiger partial charge in [-0.25, -0.2) is 4.39 Å². The third-order valence-electron chi connectivity index (χ3n) is 1.62. The summed E-state index contributed by atoms with van der Waals surface area (Å²) in [6.45, 7) is 0. The Balaban J connectivity index is 3.07. The van der Waals surface area contributed by atoms with Crippen molar-refractivity contribution in [3.63, 3.8) is 0 Å². The van der Waals surface area contributed by atoms with E-state index < -0.39 is 11.8 Å². The lowest BCUT2D eigenvalue weighted by Gasteiger charge is -2.05. The Bertz CT molecular complexity index is 325. The number of aliphatic carboxylic acids is 1. The van der Waals surface area contributed by atoms with Crippen molar-refractivity contribution in [2.45, 2.75) is 11.3 Å². The fourth-order valence-corrected chi connectivity index (χ4v) is 1.68. The molecule has 0 aliphatic carbocycles. The minimum absolute atomic E-state index is 0.261. The largest absolute Gasteiger partial charge is 0.481 e. The molecule has 0 unspecified atom stereocenters. The summed E-state index contributed by atoms with van der Waals surface area (Å²) in [5.74, 6) is -1.46. The minimum atomic E-state index is -1.01. The summed E-state index contributed by atoms with van der Waals surface area (Å²) >= 11 is 1.35. The summed E-state index contributed by atoms with van der Waals surface area (Å²) in [5.41, 5.74) is 0.266. The molecule has 0 amide bonds. The molecule has 0 bridgehead atoms. The van der Waals surface area contributed by atoms with Crippen molar-refractivity contribution in [1.29, 1.82) is 0 Å². The quantitative estimate of drug-likeness (QED) is 0.760. The van der Waals surface area contributed by atoms with Gasteiger partial charge in [0.05, 0.1) is 6.42 Å². The van der Waals surface area contributed by atoms with Crippen molar-refractivity contribution in [1.82, 2.24) is 0 Å². The van der Waals surface area contributed by atoms with Crippen LogP contribution in [-0.4, -0.2) is 17.3 Å². The van der Waals surface area contributed by atoms with Crippen LogP contribution >= 0.6 is 11.8 Å². The van der Waals surface area contributed by atoms with Gasteiger partial charge in [-0.2, -0.15) is 0 Å². The van der Waals surface area contributed by atoms with E-state index in [1.54, 1.807) is 18.4 Å². The standard InChI is InChI=1S/C9H9FO2S/c1-13-8-4-2-3-7(10)6(8)5-9(11)12/h2-4H,5H2,1H3,(H,11,12). The van der Waals surface area contributed by atoms with Gasteiger partial charge >= 0.3 is 5.97 Å². The summed E-state index contributed by atoms with van der Waals surface area (Å²) in [6.07, 6.45) is 1.53. The molecule has 0 spiro atoms. The number of thioether (sulfide) groups is 1. The van der Waals surface area contributed by atoms with E-state index in [1.807, 2.05) is 0 Å². The molecule has 2 nitrogen and oxygen atoms in total. The van der Waals surface area contributed by atoms with Crippen LogP contribution in [-0.2, 0) is 11.2 Å². The third kappa shape index (κ3) is 2.45. The van der Waals surface area contributed by atoms with Gasteiger partial charge in [-0.05, 0) is 18.4 Å². The van der Waals surface area contributed by atoms with Crippen molar-refractivity contribution in [3.8, 4) is 0 Å². The number of rotatable bonds is 3. The Morgan fingerprint density at radius 2 is 2.31 bits per heavy atom. The van der Waals surface area contributed by atoms with Crippen LogP contribution in [0.2, 0.25) is 0 Å². The molecule has 0 atom stereocenters. The van der Waals surface area contributed by atoms with Gasteiger partial charge < -0.3 is 5.11 Å². The van der Waals surface area contributed by atoms with Crippen LogP contribution in [0.5, 0.6) is 0 Å². The first kappa shape index (κ1) is 10.1. The number of carboxylic acids is 1. The van der Waals surface area contributed by atoms with Crippen molar-refractivity contribution in [3.05, 3.63) is 29.6 Å². The Morgan fingerprint density at radius 1 is 1.62 bits per heavy atom. The van der Waals surface area contributed by atoms with Gasteiger partial charge in [0.1, 0.15) is 5.82 Å². The summed E-state index contributed by atoms with van der Waals surface area (Å²) in [4.78, 5) is 11.1. The summed E-state index contributed by atoms with van der Waals surface area (Å²) < 4.78 is 13.1. The molecule has 0 saturated heterocycles. The van der Waals surface area contributed by atoms with Crippen LogP contribution in [0.15, 0.2) is 23.1 Å². The topological polar surface area (TPSA) is 37.3 Å². The van der Waals surface area contributed by atoms with E-state index in [2.05, 4.69) is 0 Å². The van der Waals surface area contributed by atoms with E-state index in [1.165, 1.54) is 17.8 Å². The van der Waals surface area contributed by atoms with Gasteiger partial charge in [-0.15, -0.1) is 11.8 Å². The van der Waals surface area contributed by atoms with E-state index in [0.717, 1.165) is 0 Å². The highest BCUT2D eigenvalue weighted by Gasteiger charge is 2.10. The number of benzene rings is 1. The summed E-state index contributed by atoms with van der Waals surface area (Å²) in [5, 5.41) is 8.54. The van der Waals surface area contributed by atoms with Gasteiger partial charge in [-0.1, -0.05) is 6.07 Å². The van der Waals surface area contributed by atoms with Gasteiger partial charge in [0.25, 0.3) is 0 Å². The number of halogens is 1. The summed E-state index contributed by atoms with van der Waals surface area (Å²) in [6, 6.07) is 4.57. The van der Waals surface area contributed by atoms with Gasteiger partial charge in [0, 0.05) is 10.5 Å². The van der Waals surface area contributed by atoms with Crippen LogP contribution in [0, 0.1) is 5.82 Å². The second-order valence-corrected chi connectivity index (χ2v) is 3.34. The molecule has 1 N–H and O–H groups in total. The molecule has 0 saturated carbocycles. The maximum Gasteiger partial charge on any atom is 0.307 e. The summed E-state index contributed by atoms with van der Waals surface area (Å²) in [7, 11) is 0. The van der Waals surface area contributed by atoms with Crippen LogP contribution < -0.4 is 0 Å². The SMILES string of the molecule is CSc1cccc(F)c1CC(=O)O. The average molecular weight is 200 g/mol. The fraction of sp³-hybridized carbons (Fsp3) is 0.222. The monoisotopic (exact) mass is 200 g/mol. The molecule has 0 fully saturated rings. The molecule has 0 aliphatic heterocycles. The molecule has 1 aromatic carbocycles. The Kier molecular flexibility index (Phi) is 3.31. The first-order chi connectivity index (χ1) is 6.15. The molecule has 0 heterocycles. The van der Waals surface area contributed by atoms with Crippen LogP contribution in [0.4, 0.5) is 4.39 Å². The van der Waals surface area contributed by atoms with E-state index in [9.17, 15) is 9.18 Å². The highest BCUT2D eigenvalue weighted by Crippen LogP contribution is 2.22. The molecular formula is C9H9FO2S. The average Bonchev–Trinajstić information content (AvgIpc) is 2.08. The second-order valence-electron chi connectivity index (χ2n) is 2.49. The number of hydrogen-bond donors (Lipinski definition) is 1. The van der Waals surface area contributed by atoms with Crippen LogP contribution in [0.3, 0.4) is 0 Å². The zero-order valence-electron chi connectivity index (χ0n) is 7.08. The van der Waals surface area contributed by atoms with Gasteiger partial charge in [-0.3, -0.25) is 4.79 Å². The van der Waals surface area contributed by atoms with Crippen molar-refractivity contribution in [2.24, 2.45) is 0 Å². The molecule has 70 valence electrons. The zero-order valence-corrected chi connectivity index (χ0v) is 7.90. The van der Waals surface area contributed by atoms with Gasteiger partial charge in [0.2, 0.25) is 0 Å². The zero-order chi connectivity index (χ0) is 9.84. The Labute approximate surface area is 79.8 Å². The van der Waals surface area contributed by atoms with E-state index in [4.69, 9.17) is 5.11 Å². The Hall–Kier alpha value is -1.03. The van der Waals surface area contributed by atoms with Gasteiger partial charge in [0.15, 0.2) is 0 Å². The minimum Gasteiger partial charge on any atom is -0.481 e. The van der Waals surface area contributed by atoms with Crippen LogP contribution in [0.25, 0.3) is 0 Å².